The van der Waals surface area contributed by atoms with Gasteiger partial charge < -0.3 is 4.18 Å². The van der Waals surface area contributed by atoms with Crippen molar-refractivity contribution in [1.82, 2.24) is 0 Å². The lowest BCUT2D eigenvalue weighted by Crippen LogP contribution is -2.42. The fourth-order valence-corrected chi connectivity index (χ4v) is 1.32. The molecule has 0 heterocycles. The van der Waals surface area contributed by atoms with Crippen LogP contribution in [0, 0.1) is 0 Å². The van der Waals surface area contributed by atoms with Gasteiger partial charge in [-0.15, -0.1) is 0 Å². The van der Waals surface area contributed by atoms with Gasteiger partial charge in [-0.05, 0) is 0 Å². The van der Waals surface area contributed by atoms with Crippen LogP contribution >= 0.6 is 0 Å². The zero-order chi connectivity index (χ0) is 11.6. The number of hydrogen-bond acceptors (Lipinski definition) is 3. The Morgan fingerprint density at radius 3 is 1.93 bits per heavy atom. The Balaban J connectivity index is 4.76. The minimum atomic E-state index is -5.93. The summed E-state index contributed by atoms with van der Waals surface area (Å²) in [6.07, 6.45) is -5.67. The smallest absolute Gasteiger partial charge is 0.391 e. The van der Waals surface area contributed by atoms with E-state index in [1.165, 1.54) is 0 Å². The molecule has 0 aromatic rings. The van der Waals surface area contributed by atoms with Crippen molar-refractivity contribution in [2.75, 3.05) is 5.75 Å². The normalized spacial score (nSPS) is 13.8. The van der Waals surface area contributed by atoms with E-state index in [1.807, 2.05) is 0 Å². The minimum absolute atomic E-state index is 0.252. The Kier molecular flexibility index (Phi) is 3.49. The fraction of sp³-hybridized carbons (Fsp3) is 0.600. The lowest BCUT2D eigenvalue weighted by atomic mass is 10.4. The molecule has 0 aromatic carbocycles. The molecule has 0 aromatic heterocycles. The second-order valence-corrected chi connectivity index (χ2v) is 3.76. The standard InChI is InChI=1S/C5H5F5O3S/c1-2-13-14(11,12)3-4(6,7)5(8,9)10/h2H,1,3H2. The van der Waals surface area contributed by atoms with Gasteiger partial charge in [0.15, 0.2) is 5.75 Å². The number of hydrogen-bond donors (Lipinski definition) is 0. The molecule has 0 atom stereocenters. The number of halogens is 5. The average molecular weight is 240 g/mol. The summed E-state index contributed by atoms with van der Waals surface area (Å²) in [5.41, 5.74) is 0. The Hall–Kier alpha value is -0.860. The molecule has 0 spiro atoms. The monoisotopic (exact) mass is 240 g/mol. The highest BCUT2D eigenvalue weighted by Crippen LogP contribution is 2.36. The molecule has 0 fully saturated rings. The Labute approximate surface area is 76.3 Å². The van der Waals surface area contributed by atoms with Gasteiger partial charge in [-0.25, -0.2) is 0 Å². The Morgan fingerprint density at radius 1 is 1.21 bits per heavy atom. The topological polar surface area (TPSA) is 43.4 Å². The highest BCUT2D eigenvalue weighted by atomic mass is 32.2. The predicted molar refractivity (Wildman–Crippen MR) is 36.1 cm³/mol. The Morgan fingerprint density at radius 2 is 1.64 bits per heavy atom. The van der Waals surface area contributed by atoms with Gasteiger partial charge in [-0.3, -0.25) is 0 Å². The number of alkyl halides is 5. The van der Waals surface area contributed by atoms with Crippen LogP contribution in [0.15, 0.2) is 12.8 Å². The van der Waals surface area contributed by atoms with Crippen molar-refractivity contribution in [2.24, 2.45) is 0 Å². The molecule has 0 radical (unpaired) electrons. The molecule has 3 nitrogen and oxygen atoms in total. The maximum atomic E-state index is 12.1. The van der Waals surface area contributed by atoms with Crippen LogP contribution in [0.5, 0.6) is 0 Å². The summed E-state index contributed by atoms with van der Waals surface area (Å²) in [6.45, 7) is 2.71. The summed E-state index contributed by atoms with van der Waals surface area (Å²) < 4.78 is 83.1. The SMILES string of the molecule is C=COS(=O)(=O)CC(F)(F)C(F)(F)F. The van der Waals surface area contributed by atoms with Crippen LogP contribution in [0.3, 0.4) is 0 Å². The first-order valence-electron chi connectivity index (χ1n) is 2.98. The molecule has 84 valence electrons. The maximum Gasteiger partial charge on any atom is 0.454 e. The van der Waals surface area contributed by atoms with Crippen LogP contribution in [0.25, 0.3) is 0 Å². The first-order chi connectivity index (χ1) is 6.02. The molecule has 0 saturated carbocycles. The zero-order valence-corrected chi connectivity index (χ0v) is 7.33. The third kappa shape index (κ3) is 3.48. The largest absolute Gasteiger partial charge is 0.454 e. The van der Waals surface area contributed by atoms with E-state index in [-0.39, 0.29) is 6.26 Å². The van der Waals surface area contributed by atoms with E-state index in [2.05, 4.69) is 10.8 Å². The first-order valence-corrected chi connectivity index (χ1v) is 4.56. The van der Waals surface area contributed by atoms with Crippen LogP contribution in [-0.2, 0) is 14.3 Å². The fourth-order valence-electron chi connectivity index (χ4n) is 0.442. The van der Waals surface area contributed by atoms with Gasteiger partial charge in [0, 0.05) is 0 Å². The summed E-state index contributed by atoms with van der Waals surface area (Å²) in [5, 5.41) is 0. The zero-order valence-electron chi connectivity index (χ0n) is 6.51. The summed E-state index contributed by atoms with van der Waals surface area (Å²) in [5.74, 6) is -7.80. The second kappa shape index (κ2) is 3.71. The minimum Gasteiger partial charge on any atom is -0.391 e. The van der Waals surface area contributed by atoms with Gasteiger partial charge in [0.2, 0.25) is 0 Å². The van der Waals surface area contributed by atoms with E-state index in [1.54, 1.807) is 0 Å². The summed E-state index contributed by atoms with van der Waals surface area (Å²) in [7, 11) is -4.96. The highest BCUT2D eigenvalue weighted by molar-refractivity contribution is 7.86. The third-order valence-electron chi connectivity index (χ3n) is 0.987. The van der Waals surface area contributed by atoms with Crippen molar-refractivity contribution in [2.45, 2.75) is 12.1 Å². The molecule has 0 rings (SSSR count). The van der Waals surface area contributed by atoms with Gasteiger partial charge in [0.1, 0.15) is 0 Å². The summed E-state index contributed by atoms with van der Waals surface area (Å²) in [6, 6.07) is 0. The summed E-state index contributed by atoms with van der Waals surface area (Å²) in [4.78, 5) is 0. The number of rotatable bonds is 4. The van der Waals surface area contributed by atoms with E-state index in [0.29, 0.717) is 0 Å². The molecular weight excluding hydrogens is 235 g/mol. The maximum absolute atomic E-state index is 12.1. The Bertz CT molecular complexity index is 304. The average Bonchev–Trinajstić information content (AvgIpc) is 1.80. The third-order valence-corrected chi connectivity index (χ3v) is 2.13. The van der Waals surface area contributed by atoms with Crippen molar-refractivity contribution in [3.8, 4) is 0 Å². The lowest BCUT2D eigenvalue weighted by Gasteiger charge is -2.18. The van der Waals surface area contributed by atoms with Gasteiger partial charge >= 0.3 is 22.2 Å². The van der Waals surface area contributed by atoms with Gasteiger partial charge in [-0.1, -0.05) is 6.58 Å². The van der Waals surface area contributed by atoms with Gasteiger partial charge in [0.25, 0.3) is 0 Å². The van der Waals surface area contributed by atoms with Crippen molar-refractivity contribution in [3.05, 3.63) is 12.8 Å². The molecule has 0 saturated heterocycles. The molecule has 0 aliphatic carbocycles. The quantitative estimate of drug-likeness (QED) is 0.426. The van der Waals surface area contributed by atoms with E-state index in [9.17, 15) is 30.4 Å². The second-order valence-electron chi connectivity index (χ2n) is 2.17. The first kappa shape index (κ1) is 13.1. The molecule has 0 aliphatic rings. The summed E-state index contributed by atoms with van der Waals surface area (Å²) >= 11 is 0. The van der Waals surface area contributed by atoms with Crippen LogP contribution < -0.4 is 0 Å². The van der Waals surface area contributed by atoms with Crippen molar-refractivity contribution in [1.29, 1.82) is 0 Å². The molecule has 9 heteroatoms. The van der Waals surface area contributed by atoms with E-state index in [4.69, 9.17) is 0 Å². The van der Waals surface area contributed by atoms with Crippen LogP contribution in [0.2, 0.25) is 0 Å². The molecule has 0 bridgehead atoms. The lowest BCUT2D eigenvalue weighted by molar-refractivity contribution is -0.271. The van der Waals surface area contributed by atoms with Crippen LogP contribution in [0.1, 0.15) is 0 Å². The van der Waals surface area contributed by atoms with Crippen molar-refractivity contribution < 1.29 is 34.6 Å². The molecule has 0 aliphatic heterocycles. The van der Waals surface area contributed by atoms with E-state index in [0.717, 1.165) is 0 Å². The van der Waals surface area contributed by atoms with E-state index >= 15 is 0 Å². The molecule has 14 heavy (non-hydrogen) atoms. The van der Waals surface area contributed by atoms with Gasteiger partial charge in [0.05, 0.1) is 6.26 Å². The molecule has 0 unspecified atom stereocenters. The van der Waals surface area contributed by atoms with E-state index < -0.39 is 28.0 Å². The van der Waals surface area contributed by atoms with Crippen molar-refractivity contribution in [3.63, 3.8) is 0 Å². The highest BCUT2D eigenvalue weighted by Gasteiger charge is 2.60. The molecule has 0 amide bonds. The van der Waals surface area contributed by atoms with Gasteiger partial charge in [-0.2, -0.15) is 30.4 Å². The van der Waals surface area contributed by atoms with Crippen LogP contribution in [0.4, 0.5) is 22.0 Å². The molecule has 0 N–H and O–H groups in total. The van der Waals surface area contributed by atoms with Crippen LogP contribution in [-0.4, -0.2) is 26.3 Å². The van der Waals surface area contributed by atoms with Crippen molar-refractivity contribution >= 4 is 10.1 Å². The molecular formula is C5H5F5O3S. The predicted octanol–water partition coefficient (Wildman–Crippen LogP) is 1.67.